The minimum absolute atomic E-state index is 0.139. The summed E-state index contributed by atoms with van der Waals surface area (Å²) in [6.07, 6.45) is 1.55. The summed E-state index contributed by atoms with van der Waals surface area (Å²) in [7, 11) is 1.59. The zero-order chi connectivity index (χ0) is 23.9. The first-order chi connectivity index (χ1) is 15.7. The Bertz CT molecular complexity index is 1460. The van der Waals surface area contributed by atoms with E-state index in [4.69, 9.17) is 23.2 Å². The summed E-state index contributed by atoms with van der Waals surface area (Å²) in [5, 5.41) is 4.29. The summed E-state index contributed by atoms with van der Waals surface area (Å²) in [6.45, 7) is 2.72. The number of Topliss-reactive ketones (excluding diaryl/α,β-unsaturated/α-hetero) is 2. The van der Waals surface area contributed by atoms with Gasteiger partial charge < -0.3 is 5.32 Å². The minimum Gasteiger partial charge on any atom is -0.324 e. The molecule has 0 amide bonds. The van der Waals surface area contributed by atoms with Gasteiger partial charge in [0.25, 0.3) is 5.56 Å². The first-order valence-corrected chi connectivity index (χ1v) is 10.5. The van der Waals surface area contributed by atoms with Crippen LogP contribution in [0.1, 0.15) is 34.8 Å². The van der Waals surface area contributed by atoms with Crippen LogP contribution in [0.15, 0.2) is 47.4 Å². The second-order valence-corrected chi connectivity index (χ2v) is 8.17. The lowest BCUT2D eigenvalue weighted by Crippen LogP contribution is -2.20. The molecule has 0 aliphatic carbocycles. The van der Waals surface area contributed by atoms with Gasteiger partial charge in [0.05, 0.1) is 15.6 Å². The van der Waals surface area contributed by atoms with E-state index in [9.17, 15) is 14.4 Å². The SMILES string of the molecule is CC(=O)c1cc(Nc2ncc3cc(-c4c(Cl)cccc4Cl)c(=O)n(C)c3n2)cc(C(C)=O)n1. The predicted molar refractivity (Wildman–Crippen MR) is 128 cm³/mol. The molecular weight excluding hydrogens is 465 g/mol. The summed E-state index contributed by atoms with van der Waals surface area (Å²) >= 11 is 12.6. The molecule has 1 N–H and O–H groups in total. The van der Waals surface area contributed by atoms with Crippen LogP contribution >= 0.6 is 23.2 Å². The third-order valence-electron chi connectivity index (χ3n) is 4.98. The van der Waals surface area contributed by atoms with Crippen molar-refractivity contribution >= 4 is 57.4 Å². The monoisotopic (exact) mass is 481 g/mol. The number of nitrogens with zero attached hydrogens (tertiary/aromatic N) is 4. The number of rotatable bonds is 5. The van der Waals surface area contributed by atoms with Gasteiger partial charge in [-0.05, 0) is 30.3 Å². The van der Waals surface area contributed by atoms with Crippen molar-refractivity contribution in [2.45, 2.75) is 13.8 Å². The van der Waals surface area contributed by atoms with Crippen molar-refractivity contribution in [3.8, 4) is 11.1 Å². The Morgan fingerprint density at radius 2 is 1.58 bits per heavy atom. The summed E-state index contributed by atoms with van der Waals surface area (Å²) in [6, 6.07) is 9.68. The van der Waals surface area contributed by atoms with Crippen LogP contribution in [0.4, 0.5) is 11.6 Å². The van der Waals surface area contributed by atoms with E-state index in [0.717, 1.165) is 0 Å². The fraction of sp³-hybridized carbons (Fsp3) is 0.130. The molecule has 0 fully saturated rings. The van der Waals surface area contributed by atoms with Gasteiger partial charge in [-0.1, -0.05) is 29.3 Å². The Morgan fingerprint density at radius 3 is 2.15 bits per heavy atom. The molecule has 3 heterocycles. The van der Waals surface area contributed by atoms with E-state index >= 15 is 0 Å². The number of carbonyl (C=O) groups excluding carboxylic acids is 2. The molecular formula is C23H17Cl2N5O3. The van der Waals surface area contributed by atoms with Crippen molar-refractivity contribution in [2.24, 2.45) is 7.05 Å². The molecule has 0 aliphatic rings. The van der Waals surface area contributed by atoms with E-state index in [2.05, 4.69) is 20.3 Å². The zero-order valence-corrected chi connectivity index (χ0v) is 19.3. The lowest BCUT2D eigenvalue weighted by molar-refractivity contribution is 0.101. The lowest BCUT2D eigenvalue weighted by Gasteiger charge is -2.12. The van der Waals surface area contributed by atoms with Gasteiger partial charge in [-0.2, -0.15) is 4.98 Å². The van der Waals surface area contributed by atoms with E-state index in [1.54, 1.807) is 37.5 Å². The molecule has 4 aromatic rings. The van der Waals surface area contributed by atoms with Gasteiger partial charge in [-0.25, -0.2) is 9.97 Å². The average molecular weight is 482 g/mol. The Kier molecular flexibility index (Phi) is 5.97. The van der Waals surface area contributed by atoms with Gasteiger partial charge >= 0.3 is 0 Å². The average Bonchev–Trinajstić information content (AvgIpc) is 2.77. The molecule has 8 nitrogen and oxygen atoms in total. The van der Waals surface area contributed by atoms with Crippen molar-refractivity contribution in [1.82, 2.24) is 19.5 Å². The number of fused-ring (bicyclic) bond motifs is 1. The molecule has 166 valence electrons. The molecule has 10 heteroatoms. The van der Waals surface area contributed by atoms with Crippen LogP contribution in [-0.4, -0.2) is 31.1 Å². The topological polar surface area (TPSA) is 107 Å². The molecule has 1 aromatic carbocycles. The van der Waals surface area contributed by atoms with Crippen molar-refractivity contribution < 1.29 is 9.59 Å². The molecule has 4 rings (SSSR count). The summed E-state index contributed by atoms with van der Waals surface area (Å²) in [5.41, 5.74) is 1.51. The van der Waals surface area contributed by atoms with Crippen LogP contribution in [-0.2, 0) is 7.05 Å². The Hall–Kier alpha value is -3.62. The van der Waals surface area contributed by atoms with Crippen LogP contribution < -0.4 is 10.9 Å². The number of benzene rings is 1. The molecule has 0 radical (unpaired) electrons. The number of aromatic nitrogens is 4. The highest BCUT2D eigenvalue weighted by Gasteiger charge is 2.17. The molecule has 0 saturated heterocycles. The molecule has 0 spiro atoms. The number of aryl methyl sites for hydroxylation is 1. The van der Waals surface area contributed by atoms with E-state index in [0.29, 0.717) is 37.9 Å². The molecule has 0 unspecified atom stereocenters. The lowest BCUT2D eigenvalue weighted by atomic mass is 10.1. The second kappa shape index (κ2) is 8.73. The zero-order valence-electron chi connectivity index (χ0n) is 17.8. The highest BCUT2D eigenvalue weighted by atomic mass is 35.5. The molecule has 0 saturated carbocycles. The van der Waals surface area contributed by atoms with E-state index in [-0.39, 0.29) is 34.5 Å². The van der Waals surface area contributed by atoms with Gasteiger partial charge in [0.1, 0.15) is 17.0 Å². The van der Waals surface area contributed by atoms with Crippen LogP contribution in [0.25, 0.3) is 22.2 Å². The van der Waals surface area contributed by atoms with Gasteiger partial charge in [-0.3, -0.25) is 19.0 Å². The Balaban J connectivity index is 1.81. The molecule has 0 bridgehead atoms. The Morgan fingerprint density at radius 1 is 0.970 bits per heavy atom. The maximum Gasteiger partial charge on any atom is 0.259 e. The molecule has 33 heavy (non-hydrogen) atoms. The number of hydrogen-bond acceptors (Lipinski definition) is 7. The fourth-order valence-electron chi connectivity index (χ4n) is 3.33. The summed E-state index contributed by atoms with van der Waals surface area (Å²) in [4.78, 5) is 49.5. The van der Waals surface area contributed by atoms with E-state index in [1.807, 2.05) is 0 Å². The third-order valence-corrected chi connectivity index (χ3v) is 5.61. The third kappa shape index (κ3) is 4.35. The number of ketones is 2. The molecule has 0 aliphatic heterocycles. The quantitative estimate of drug-likeness (QED) is 0.406. The van der Waals surface area contributed by atoms with Crippen LogP contribution in [0.5, 0.6) is 0 Å². The maximum atomic E-state index is 13.1. The van der Waals surface area contributed by atoms with Crippen LogP contribution in [0, 0.1) is 0 Å². The van der Waals surface area contributed by atoms with Crippen molar-refractivity contribution in [3.63, 3.8) is 0 Å². The van der Waals surface area contributed by atoms with Crippen LogP contribution in [0.2, 0.25) is 10.0 Å². The highest BCUT2D eigenvalue weighted by Crippen LogP contribution is 2.33. The minimum atomic E-state index is -0.330. The Labute approximate surface area is 198 Å². The standard InChI is InChI=1S/C23H17Cl2N5O3/c1-11(31)18-8-14(9-19(28-18)12(2)32)27-23-26-10-13-7-15(22(33)30(3)21(13)29-23)20-16(24)5-4-6-17(20)25/h4-10H,1-3H3,(H,26,27,28,29). The van der Waals surface area contributed by atoms with Gasteiger partial charge in [0, 0.05) is 43.7 Å². The number of pyridine rings is 2. The molecule has 0 atom stereocenters. The van der Waals surface area contributed by atoms with Crippen LogP contribution in [0.3, 0.4) is 0 Å². The normalized spacial score (nSPS) is 10.9. The maximum absolute atomic E-state index is 13.1. The first kappa shape index (κ1) is 22.6. The number of anilines is 2. The first-order valence-electron chi connectivity index (χ1n) is 9.78. The van der Waals surface area contributed by atoms with Gasteiger partial charge in [-0.15, -0.1) is 0 Å². The number of hydrogen-bond donors (Lipinski definition) is 1. The second-order valence-electron chi connectivity index (χ2n) is 7.36. The van der Waals surface area contributed by atoms with Crippen molar-refractivity contribution in [1.29, 1.82) is 0 Å². The number of halogens is 2. The van der Waals surface area contributed by atoms with E-state index in [1.165, 1.54) is 30.5 Å². The highest BCUT2D eigenvalue weighted by molar-refractivity contribution is 6.39. The largest absolute Gasteiger partial charge is 0.324 e. The van der Waals surface area contributed by atoms with Crippen molar-refractivity contribution in [3.05, 3.63) is 74.4 Å². The number of nitrogens with one attached hydrogen (secondary N) is 1. The van der Waals surface area contributed by atoms with Gasteiger partial charge in [0.15, 0.2) is 11.6 Å². The fourth-order valence-corrected chi connectivity index (χ4v) is 3.93. The van der Waals surface area contributed by atoms with E-state index < -0.39 is 0 Å². The van der Waals surface area contributed by atoms with Gasteiger partial charge in [0.2, 0.25) is 5.95 Å². The summed E-state index contributed by atoms with van der Waals surface area (Å²) < 4.78 is 1.38. The summed E-state index contributed by atoms with van der Waals surface area (Å²) in [5.74, 6) is -0.390. The smallest absolute Gasteiger partial charge is 0.259 e. The number of carbonyl (C=O) groups is 2. The predicted octanol–water partition coefficient (Wildman–Crippen LogP) is 4.85. The van der Waals surface area contributed by atoms with Crippen molar-refractivity contribution in [2.75, 3.05) is 5.32 Å². The molecule has 3 aromatic heterocycles.